The van der Waals surface area contributed by atoms with Crippen LogP contribution in [0.4, 0.5) is 5.69 Å². The van der Waals surface area contributed by atoms with E-state index in [2.05, 4.69) is 47.3 Å². The van der Waals surface area contributed by atoms with E-state index < -0.39 is 0 Å². The summed E-state index contributed by atoms with van der Waals surface area (Å²) in [6.45, 7) is 8.45. The number of guanidine groups is 1. The number of benzene rings is 1. The van der Waals surface area contributed by atoms with Crippen molar-refractivity contribution in [2.75, 3.05) is 31.5 Å². The highest BCUT2D eigenvalue weighted by Crippen LogP contribution is 2.24. The molecule has 1 aromatic rings. The Kier molecular flexibility index (Phi) is 8.78. The number of aliphatic imine (C=N–C) groups is 1. The van der Waals surface area contributed by atoms with E-state index in [-0.39, 0.29) is 24.0 Å². The van der Waals surface area contributed by atoms with Crippen LogP contribution in [0.3, 0.4) is 0 Å². The second-order valence-electron chi connectivity index (χ2n) is 5.61. The topological polar surface area (TPSA) is 53.6 Å². The number of aryl methyl sites for hydroxylation is 2. The zero-order chi connectivity index (χ0) is 15.1. The van der Waals surface area contributed by atoms with E-state index in [0.717, 1.165) is 38.3 Å². The van der Waals surface area contributed by atoms with E-state index in [9.17, 15) is 0 Å². The standard InChI is InChI=1S/C17H28N4.HI/c1-3-21(4-2)12-6-11-19-17(18)20-16-10-9-14-7-5-8-15(14)13-16;/h9-10,13H,3-8,11-12H2,1-2H3,(H3,18,19,20);1H. The molecule has 0 saturated heterocycles. The van der Waals surface area contributed by atoms with Crippen molar-refractivity contribution in [3.8, 4) is 0 Å². The molecule has 1 aliphatic carbocycles. The number of fused-ring (bicyclic) bond motifs is 1. The summed E-state index contributed by atoms with van der Waals surface area (Å²) in [5.74, 6) is 0.521. The smallest absolute Gasteiger partial charge is 0.193 e. The van der Waals surface area contributed by atoms with Gasteiger partial charge in [0, 0.05) is 12.2 Å². The minimum atomic E-state index is 0. The minimum Gasteiger partial charge on any atom is -0.370 e. The van der Waals surface area contributed by atoms with Crippen molar-refractivity contribution in [1.29, 1.82) is 0 Å². The number of hydrogen-bond donors (Lipinski definition) is 2. The van der Waals surface area contributed by atoms with Crippen LogP contribution >= 0.6 is 24.0 Å². The third-order valence-corrected chi connectivity index (χ3v) is 4.18. The number of halogens is 1. The SMILES string of the molecule is CCN(CC)CCCN=C(N)Nc1ccc2c(c1)CCC2.I. The van der Waals surface area contributed by atoms with Gasteiger partial charge in [0.2, 0.25) is 0 Å². The molecule has 2 rings (SSSR count). The molecule has 0 aromatic heterocycles. The molecule has 1 aliphatic rings. The first-order valence-electron chi connectivity index (χ1n) is 8.14. The molecular formula is C17H29IN4. The molecule has 4 nitrogen and oxygen atoms in total. The van der Waals surface area contributed by atoms with Crippen LogP contribution in [0.5, 0.6) is 0 Å². The highest BCUT2D eigenvalue weighted by molar-refractivity contribution is 14.0. The molecule has 1 aromatic carbocycles. The average molecular weight is 416 g/mol. The number of nitrogens with two attached hydrogens (primary N) is 1. The van der Waals surface area contributed by atoms with Crippen LogP contribution < -0.4 is 11.1 Å². The molecule has 3 N–H and O–H groups in total. The van der Waals surface area contributed by atoms with Crippen molar-refractivity contribution in [3.63, 3.8) is 0 Å². The van der Waals surface area contributed by atoms with Crippen LogP contribution in [0.15, 0.2) is 23.2 Å². The van der Waals surface area contributed by atoms with Crippen molar-refractivity contribution >= 4 is 35.6 Å². The molecule has 0 bridgehead atoms. The number of anilines is 1. The van der Waals surface area contributed by atoms with Crippen LogP contribution in [0, 0.1) is 0 Å². The normalized spacial score (nSPS) is 13.9. The fourth-order valence-corrected chi connectivity index (χ4v) is 2.87. The van der Waals surface area contributed by atoms with Crippen LogP contribution in [0.2, 0.25) is 0 Å². The molecule has 0 saturated carbocycles. The Balaban J connectivity index is 0.00000242. The first-order chi connectivity index (χ1) is 10.2. The fraction of sp³-hybridized carbons (Fsp3) is 0.588. The molecule has 0 amide bonds. The summed E-state index contributed by atoms with van der Waals surface area (Å²) in [6.07, 6.45) is 4.72. The quantitative estimate of drug-likeness (QED) is 0.311. The molecule has 0 heterocycles. The van der Waals surface area contributed by atoms with Gasteiger partial charge in [0.15, 0.2) is 5.96 Å². The maximum Gasteiger partial charge on any atom is 0.193 e. The second kappa shape index (κ2) is 10.0. The number of hydrogen-bond acceptors (Lipinski definition) is 2. The summed E-state index contributed by atoms with van der Waals surface area (Å²) in [7, 11) is 0. The molecule has 0 spiro atoms. The highest BCUT2D eigenvalue weighted by Gasteiger charge is 2.10. The third-order valence-electron chi connectivity index (χ3n) is 4.18. The van der Waals surface area contributed by atoms with Gasteiger partial charge >= 0.3 is 0 Å². The van der Waals surface area contributed by atoms with Crippen LogP contribution in [-0.4, -0.2) is 37.0 Å². The van der Waals surface area contributed by atoms with Gasteiger partial charge in [-0.05, 0) is 68.6 Å². The van der Waals surface area contributed by atoms with Gasteiger partial charge in [-0.3, -0.25) is 4.99 Å². The summed E-state index contributed by atoms with van der Waals surface area (Å²) in [5.41, 5.74) is 9.95. The maximum absolute atomic E-state index is 5.96. The van der Waals surface area contributed by atoms with E-state index in [1.807, 2.05) is 0 Å². The Morgan fingerprint density at radius 1 is 1.23 bits per heavy atom. The molecule has 0 unspecified atom stereocenters. The van der Waals surface area contributed by atoms with Gasteiger partial charge in [0.25, 0.3) is 0 Å². The lowest BCUT2D eigenvalue weighted by molar-refractivity contribution is 0.302. The third kappa shape index (κ3) is 5.76. The Bertz CT molecular complexity index is 484. The fourth-order valence-electron chi connectivity index (χ4n) is 2.87. The van der Waals surface area contributed by atoms with Gasteiger partial charge in [0.05, 0.1) is 0 Å². The lowest BCUT2D eigenvalue weighted by Gasteiger charge is -2.16. The molecule has 0 fully saturated rings. The van der Waals surface area contributed by atoms with E-state index in [1.165, 1.54) is 30.4 Å². The van der Waals surface area contributed by atoms with Gasteiger partial charge in [-0.1, -0.05) is 19.9 Å². The molecule has 0 aliphatic heterocycles. The lowest BCUT2D eigenvalue weighted by Crippen LogP contribution is -2.26. The summed E-state index contributed by atoms with van der Waals surface area (Å²) >= 11 is 0. The Morgan fingerprint density at radius 3 is 2.68 bits per heavy atom. The van der Waals surface area contributed by atoms with E-state index in [1.54, 1.807) is 0 Å². The zero-order valence-electron chi connectivity index (χ0n) is 13.8. The van der Waals surface area contributed by atoms with E-state index in [4.69, 9.17) is 5.73 Å². The van der Waals surface area contributed by atoms with Crippen molar-refractivity contribution in [2.45, 2.75) is 39.5 Å². The van der Waals surface area contributed by atoms with Crippen LogP contribution in [-0.2, 0) is 12.8 Å². The first-order valence-corrected chi connectivity index (χ1v) is 8.14. The Labute approximate surface area is 151 Å². The molecule has 5 heteroatoms. The second-order valence-corrected chi connectivity index (χ2v) is 5.61. The summed E-state index contributed by atoms with van der Waals surface area (Å²) in [4.78, 5) is 6.81. The lowest BCUT2D eigenvalue weighted by atomic mass is 10.1. The highest BCUT2D eigenvalue weighted by atomic mass is 127. The van der Waals surface area contributed by atoms with E-state index >= 15 is 0 Å². The monoisotopic (exact) mass is 416 g/mol. The summed E-state index contributed by atoms with van der Waals surface area (Å²) in [6, 6.07) is 6.52. The average Bonchev–Trinajstić information content (AvgIpc) is 2.95. The van der Waals surface area contributed by atoms with Gasteiger partial charge in [0.1, 0.15) is 0 Å². The Hall–Kier alpha value is -0.820. The minimum absolute atomic E-state index is 0. The molecule has 0 atom stereocenters. The summed E-state index contributed by atoms with van der Waals surface area (Å²) in [5, 5.41) is 3.20. The maximum atomic E-state index is 5.96. The number of nitrogens with zero attached hydrogens (tertiary/aromatic N) is 2. The van der Waals surface area contributed by atoms with Crippen molar-refractivity contribution in [2.24, 2.45) is 10.7 Å². The van der Waals surface area contributed by atoms with Gasteiger partial charge in [-0.15, -0.1) is 24.0 Å². The zero-order valence-corrected chi connectivity index (χ0v) is 16.1. The van der Waals surface area contributed by atoms with Gasteiger partial charge in [-0.2, -0.15) is 0 Å². The summed E-state index contributed by atoms with van der Waals surface area (Å²) < 4.78 is 0. The molecular weight excluding hydrogens is 387 g/mol. The van der Waals surface area contributed by atoms with E-state index in [0.29, 0.717) is 5.96 Å². The number of rotatable bonds is 7. The molecule has 0 radical (unpaired) electrons. The van der Waals surface area contributed by atoms with Crippen LogP contribution in [0.25, 0.3) is 0 Å². The van der Waals surface area contributed by atoms with Gasteiger partial charge in [-0.25, -0.2) is 0 Å². The van der Waals surface area contributed by atoms with Crippen LogP contribution in [0.1, 0.15) is 37.8 Å². The largest absolute Gasteiger partial charge is 0.370 e. The first kappa shape index (κ1) is 19.2. The van der Waals surface area contributed by atoms with Crippen molar-refractivity contribution in [3.05, 3.63) is 29.3 Å². The predicted octanol–water partition coefficient (Wildman–Crippen LogP) is 3.25. The predicted molar refractivity (Wildman–Crippen MR) is 106 cm³/mol. The molecule has 22 heavy (non-hydrogen) atoms. The van der Waals surface area contributed by atoms with Crippen molar-refractivity contribution in [1.82, 2.24) is 4.90 Å². The Morgan fingerprint density at radius 2 is 1.95 bits per heavy atom. The van der Waals surface area contributed by atoms with Gasteiger partial charge < -0.3 is 16.0 Å². The molecule has 124 valence electrons. The number of nitrogens with one attached hydrogen (secondary N) is 1. The van der Waals surface area contributed by atoms with Crippen molar-refractivity contribution < 1.29 is 0 Å².